The van der Waals surface area contributed by atoms with E-state index in [2.05, 4.69) is 76.5 Å². The Hall–Kier alpha value is -5.04. The first kappa shape index (κ1) is 29.7. The Bertz CT molecular complexity index is 1690. The fourth-order valence-electron chi connectivity index (χ4n) is 6.09. The fourth-order valence-corrected chi connectivity index (χ4v) is 6.09. The quantitative estimate of drug-likeness (QED) is 0.278. The van der Waals surface area contributed by atoms with Crippen molar-refractivity contribution in [2.24, 2.45) is 0 Å². The molecule has 0 unspecified atom stereocenters. The number of benzene rings is 1. The molecule has 1 aromatic carbocycles. The topological polar surface area (TPSA) is 134 Å². The summed E-state index contributed by atoms with van der Waals surface area (Å²) in [5, 5.41) is 6.83. The van der Waals surface area contributed by atoms with Crippen molar-refractivity contribution < 1.29 is 14.3 Å². The first-order valence-corrected chi connectivity index (χ1v) is 15.8. The summed E-state index contributed by atoms with van der Waals surface area (Å²) in [7, 11) is 0. The number of anilines is 5. The normalized spacial score (nSPS) is 16.1. The maximum atomic E-state index is 11.9. The van der Waals surface area contributed by atoms with Crippen molar-refractivity contribution in [3.63, 3.8) is 0 Å². The molecule has 7 rings (SSSR count). The Morgan fingerprint density at radius 2 is 1.78 bits per heavy atom. The molecule has 0 aliphatic carbocycles. The van der Waals surface area contributed by atoms with E-state index >= 15 is 0 Å². The van der Waals surface area contributed by atoms with Gasteiger partial charge < -0.3 is 29.9 Å². The Labute approximate surface area is 268 Å². The molecule has 0 atom stereocenters. The Morgan fingerprint density at radius 1 is 0.978 bits per heavy atom. The van der Waals surface area contributed by atoms with Gasteiger partial charge in [0.15, 0.2) is 0 Å². The van der Waals surface area contributed by atoms with Gasteiger partial charge in [-0.3, -0.25) is 4.90 Å². The Morgan fingerprint density at radius 3 is 2.57 bits per heavy atom. The van der Waals surface area contributed by atoms with Crippen LogP contribution in [0.3, 0.4) is 0 Å². The molecular weight excluding hydrogens is 584 g/mol. The van der Waals surface area contributed by atoms with Crippen LogP contribution in [0.15, 0.2) is 49.1 Å². The average Bonchev–Trinajstić information content (AvgIpc) is 3.10. The molecule has 3 aliphatic heterocycles. The van der Waals surface area contributed by atoms with Crippen molar-refractivity contribution >= 4 is 34.9 Å². The van der Waals surface area contributed by atoms with E-state index in [0.717, 1.165) is 80.6 Å². The Balaban J connectivity index is 0.928. The van der Waals surface area contributed by atoms with E-state index in [-0.39, 0.29) is 0 Å². The van der Waals surface area contributed by atoms with Gasteiger partial charge in [-0.2, -0.15) is 0 Å². The number of esters is 1. The first-order valence-electron chi connectivity index (χ1n) is 15.8. The zero-order valence-electron chi connectivity index (χ0n) is 26.2. The largest absolute Gasteiger partial charge is 0.474 e. The minimum Gasteiger partial charge on any atom is -0.474 e. The van der Waals surface area contributed by atoms with Crippen LogP contribution >= 0.6 is 0 Å². The number of pyridine rings is 1. The standard InChI is InChI=1S/C33H38N10O3/c1-3-45-31(44)25-17-37-33(38-18-25)42-13-11-41(12-14-42)20-23-4-6-26(7-5-23)39-32-36-16-24-8-10-43(21-27(24)40-32)28-19-35-30-29(22(28)2)34-9-15-46-30/h4-7,16-19,34H,3,8-15,20-21H2,1-2H3,(H,36,39,40). The minimum atomic E-state index is -0.398. The molecule has 3 aliphatic rings. The summed E-state index contributed by atoms with van der Waals surface area (Å²) in [6.07, 6.45) is 7.82. The third-order valence-corrected chi connectivity index (χ3v) is 8.63. The second kappa shape index (κ2) is 13.1. The predicted molar refractivity (Wildman–Crippen MR) is 175 cm³/mol. The van der Waals surface area contributed by atoms with E-state index in [1.807, 2.05) is 12.4 Å². The molecule has 6 heterocycles. The second-order valence-corrected chi connectivity index (χ2v) is 11.6. The number of fused-ring (bicyclic) bond motifs is 2. The smallest absolute Gasteiger partial charge is 0.341 e. The molecule has 0 saturated carbocycles. The number of carbonyl (C=O) groups excluding carboxylic acids is 1. The summed E-state index contributed by atoms with van der Waals surface area (Å²) in [6, 6.07) is 8.46. The van der Waals surface area contributed by atoms with Gasteiger partial charge >= 0.3 is 5.97 Å². The van der Waals surface area contributed by atoms with Gasteiger partial charge in [-0.05, 0) is 43.5 Å². The number of nitrogens with one attached hydrogen (secondary N) is 2. The zero-order valence-corrected chi connectivity index (χ0v) is 26.2. The molecule has 0 amide bonds. The van der Waals surface area contributed by atoms with Crippen LogP contribution in [0.4, 0.5) is 29.0 Å². The number of rotatable bonds is 8. The highest BCUT2D eigenvalue weighted by Gasteiger charge is 2.24. The van der Waals surface area contributed by atoms with E-state index in [9.17, 15) is 4.79 Å². The van der Waals surface area contributed by atoms with Crippen molar-refractivity contribution in [1.29, 1.82) is 0 Å². The summed E-state index contributed by atoms with van der Waals surface area (Å²) in [4.78, 5) is 41.6. The summed E-state index contributed by atoms with van der Waals surface area (Å²) >= 11 is 0. The van der Waals surface area contributed by atoms with E-state index < -0.39 is 5.97 Å². The van der Waals surface area contributed by atoms with Crippen molar-refractivity contribution in [2.75, 3.05) is 72.9 Å². The highest BCUT2D eigenvalue weighted by atomic mass is 16.5. The number of nitrogens with zero attached hydrogens (tertiary/aromatic N) is 8. The van der Waals surface area contributed by atoms with E-state index in [4.69, 9.17) is 14.5 Å². The maximum absolute atomic E-state index is 11.9. The van der Waals surface area contributed by atoms with Crippen molar-refractivity contribution in [2.45, 2.75) is 33.4 Å². The Kier molecular flexibility index (Phi) is 8.47. The molecule has 0 spiro atoms. The molecule has 2 N–H and O–H groups in total. The molecule has 0 radical (unpaired) electrons. The molecule has 4 aromatic rings. The first-order chi connectivity index (χ1) is 22.5. The zero-order chi connectivity index (χ0) is 31.5. The van der Waals surface area contributed by atoms with Crippen LogP contribution in [0.25, 0.3) is 0 Å². The second-order valence-electron chi connectivity index (χ2n) is 11.6. The van der Waals surface area contributed by atoms with E-state index in [1.165, 1.54) is 23.5 Å². The molecule has 13 heteroatoms. The summed E-state index contributed by atoms with van der Waals surface area (Å²) in [5.74, 6) is 1.51. The minimum absolute atomic E-state index is 0.328. The number of carbonyl (C=O) groups is 1. The van der Waals surface area contributed by atoms with Gasteiger partial charge in [0.1, 0.15) is 12.3 Å². The van der Waals surface area contributed by atoms with Gasteiger partial charge in [0.25, 0.3) is 0 Å². The molecule has 3 aromatic heterocycles. The molecule has 0 bridgehead atoms. The third kappa shape index (κ3) is 6.36. The van der Waals surface area contributed by atoms with Crippen LogP contribution in [0.1, 0.15) is 39.7 Å². The van der Waals surface area contributed by atoms with Gasteiger partial charge in [0.2, 0.25) is 17.8 Å². The van der Waals surface area contributed by atoms with Crippen LogP contribution < -0.4 is 25.2 Å². The summed E-state index contributed by atoms with van der Waals surface area (Å²) < 4.78 is 10.7. The van der Waals surface area contributed by atoms with Crippen LogP contribution in [0, 0.1) is 6.92 Å². The van der Waals surface area contributed by atoms with Gasteiger partial charge in [-0.1, -0.05) is 12.1 Å². The van der Waals surface area contributed by atoms with Gasteiger partial charge in [0.05, 0.1) is 36.3 Å². The van der Waals surface area contributed by atoms with Crippen molar-refractivity contribution in [3.8, 4) is 5.88 Å². The number of hydrogen-bond donors (Lipinski definition) is 2. The SMILES string of the molecule is CCOC(=O)c1cnc(N2CCN(Cc3ccc(Nc4ncc5c(n4)CN(c4cnc6c(c4C)NCCO6)CC5)cc3)CC2)nc1. The lowest BCUT2D eigenvalue weighted by Crippen LogP contribution is -2.46. The molecule has 46 heavy (non-hydrogen) atoms. The molecular formula is C33H38N10O3. The number of hydrogen-bond acceptors (Lipinski definition) is 13. The van der Waals surface area contributed by atoms with Gasteiger partial charge in [-0.25, -0.2) is 29.7 Å². The third-order valence-electron chi connectivity index (χ3n) is 8.63. The average molecular weight is 623 g/mol. The monoisotopic (exact) mass is 622 g/mol. The van der Waals surface area contributed by atoms with E-state index in [0.29, 0.717) is 43.1 Å². The van der Waals surface area contributed by atoms with Crippen LogP contribution in [-0.4, -0.2) is 88.3 Å². The fraction of sp³-hybridized carbons (Fsp3) is 0.394. The van der Waals surface area contributed by atoms with Crippen molar-refractivity contribution in [1.82, 2.24) is 29.8 Å². The van der Waals surface area contributed by atoms with Crippen LogP contribution in [0.2, 0.25) is 0 Å². The highest BCUT2D eigenvalue weighted by Crippen LogP contribution is 2.36. The lowest BCUT2D eigenvalue weighted by molar-refractivity contribution is 0.0525. The van der Waals surface area contributed by atoms with Crippen LogP contribution in [-0.2, 0) is 24.2 Å². The van der Waals surface area contributed by atoms with E-state index in [1.54, 1.807) is 6.92 Å². The highest BCUT2D eigenvalue weighted by molar-refractivity contribution is 5.88. The molecule has 13 nitrogen and oxygen atoms in total. The predicted octanol–water partition coefficient (Wildman–Crippen LogP) is 3.58. The van der Waals surface area contributed by atoms with Crippen LogP contribution in [0.5, 0.6) is 5.88 Å². The maximum Gasteiger partial charge on any atom is 0.341 e. The molecule has 1 fully saturated rings. The molecule has 1 saturated heterocycles. The summed E-state index contributed by atoms with van der Waals surface area (Å²) in [6.45, 7) is 11.5. The molecule has 238 valence electrons. The lowest BCUT2D eigenvalue weighted by atomic mass is 10.0. The van der Waals surface area contributed by atoms with Crippen molar-refractivity contribution in [3.05, 3.63) is 77.0 Å². The number of piperazine rings is 1. The number of ether oxygens (including phenoxy) is 2. The summed E-state index contributed by atoms with van der Waals surface area (Å²) in [5.41, 5.74) is 8.01. The lowest BCUT2D eigenvalue weighted by Gasteiger charge is -2.34. The van der Waals surface area contributed by atoms with Gasteiger partial charge in [-0.15, -0.1) is 0 Å². The number of aromatic nitrogens is 5. The van der Waals surface area contributed by atoms with Gasteiger partial charge in [0, 0.05) is 75.7 Å².